The van der Waals surface area contributed by atoms with E-state index in [0.29, 0.717) is 12.6 Å². The predicted molar refractivity (Wildman–Crippen MR) is 70.2 cm³/mol. The molecular formula is C13H28N2O2. The molecule has 4 nitrogen and oxygen atoms in total. The first kappa shape index (κ1) is 14.9. The van der Waals surface area contributed by atoms with Gasteiger partial charge in [0.05, 0.1) is 25.9 Å². The molecule has 0 radical (unpaired) electrons. The van der Waals surface area contributed by atoms with Crippen molar-refractivity contribution in [1.82, 2.24) is 10.2 Å². The zero-order valence-electron chi connectivity index (χ0n) is 11.7. The lowest BCUT2D eigenvalue weighted by atomic mass is 9.84. The van der Waals surface area contributed by atoms with E-state index in [2.05, 4.69) is 37.9 Å². The molecule has 0 aromatic heterocycles. The Morgan fingerprint density at radius 1 is 1.53 bits per heavy atom. The number of ether oxygens (including phenoxy) is 1. The summed E-state index contributed by atoms with van der Waals surface area (Å²) in [5, 5.41) is 12.9. The first-order valence-corrected chi connectivity index (χ1v) is 6.67. The van der Waals surface area contributed by atoms with Crippen LogP contribution in [0.4, 0.5) is 0 Å². The molecule has 0 spiro atoms. The summed E-state index contributed by atoms with van der Waals surface area (Å²) < 4.78 is 5.41. The van der Waals surface area contributed by atoms with Crippen molar-refractivity contribution in [3.63, 3.8) is 0 Å². The molecular weight excluding hydrogens is 216 g/mol. The minimum Gasteiger partial charge on any atom is -0.395 e. The minimum atomic E-state index is 0.164. The van der Waals surface area contributed by atoms with E-state index in [1.165, 1.54) is 0 Å². The Labute approximate surface area is 105 Å². The second-order valence-corrected chi connectivity index (χ2v) is 5.65. The maximum absolute atomic E-state index is 9.36. The van der Waals surface area contributed by atoms with Gasteiger partial charge in [-0.3, -0.25) is 4.90 Å². The van der Waals surface area contributed by atoms with Gasteiger partial charge in [0.25, 0.3) is 0 Å². The van der Waals surface area contributed by atoms with Crippen molar-refractivity contribution in [2.24, 2.45) is 5.41 Å². The van der Waals surface area contributed by atoms with Gasteiger partial charge < -0.3 is 15.2 Å². The van der Waals surface area contributed by atoms with E-state index < -0.39 is 0 Å². The Balaban J connectivity index is 2.54. The largest absolute Gasteiger partial charge is 0.395 e. The van der Waals surface area contributed by atoms with E-state index in [1.54, 1.807) is 0 Å². The highest BCUT2D eigenvalue weighted by Crippen LogP contribution is 2.24. The fourth-order valence-corrected chi connectivity index (χ4v) is 2.31. The van der Waals surface area contributed by atoms with E-state index in [-0.39, 0.29) is 18.1 Å². The number of rotatable bonds is 6. The van der Waals surface area contributed by atoms with Gasteiger partial charge in [0.2, 0.25) is 0 Å². The van der Waals surface area contributed by atoms with E-state index in [4.69, 9.17) is 4.74 Å². The summed E-state index contributed by atoms with van der Waals surface area (Å²) in [6, 6.07) is 0.631. The average molecular weight is 244 g/mol. The van der Waals surface area contributed by atoms with Gasteiger partial charge in [0, 0.05) is 19.1 Å². The lowest BCUT2D eigenvalue weighted by Gasteiger charge is -2.42. The van der Waals surface area contributed by atoms with Crippen LogP contribution in [0, 0.1) is 5.41 Å². The second-order valence-electron chi connectivity index (χ2n) is 5.65. The number of aliphatic hydroxyl groups is 1. The molecule has 17 heavy (non-hydrogen) atoms. The number of nitrogens with zero attached hydrogens (tertiary/aromatic N) is 1. The number of aliphatic hydroxyl groups excluding tert-OH is 1. The molecule has 1 saturated heterocycles. The summed E-state index contributed by atoms with van der Waals surface area (Å²) in [6.45, 7) is 13.5. The normalized spacial score (nSPS) is 24.9. The van der Waals surface area contributed by atoms with Gasteiger partial charge >= 0.3 is 0 Å². The van der Waals surface area contributed by atoms with Gasteiger partial charge in [-0.05, 0) is 18.9 Å². The predicted octanol–water partition coefficient (Wildman–Crippen LogP) is 0.704. The fourth-order valence-electron chi connectivity index (χ4n) is 2.31. The summed E-state index contributed by atoms with van der Waals surface area (Å²) in [7, 11) is 0. The Morgan fingerprint density at radius 3 is 2.82 bits per heavy atom. The number of hydrogen-bond donors (Lipinski definition) is 2. The summed E-state index contributed by atoms with van der Waals surface area (Å²) in [4.78, 5) is 2.36. The maximum atomic E-state index is 9.36. The van der Waals surface area contributed by atoms with Crippen LogP contribution in [-0.4, -0.2) is 61.5 Å². The molecule has 0 aliphatic carbocycles. The van der Waals surface area contributed by atoms with Crippen molar-refractivity contribution in [3.05, 3.63) is 0 Å². The van der Waals surface area contributed by atoms with Crippen molar-refractivity contribution in [2.75, 3.05) is 39.5 Å². The Bertz CT molecular complexity index is 221. The lowest BCUT2D eigenvalue weighted by molar-refractivity contribution is -0.0441. The van der Waals surface area contributed by atoms with Gasteiger partial charge in [-0.25, -0.2) is 0 Å². The van der Waals surface area contributed by atoms with E-state index in [9.17, 15) is 5.11 Å². The Hall–Kier alpha value is -0.160. The molecule has 0 aromatic carbocycles. The molecule has 0 saturated carbocycles. The SMILES string of the molecule is CCNC(C)C(C)(C)CN1CCOCC1CO. The highest BCUT2D eigenvalue weighted by atomic mass is 16.5. The van der Waals surface area contributed by atoms with Crippen molar-refractivity contribution >= 4 is 0 Å². The molecule has 102 valence electrons. The number of hydrogen-bond acceptors (Lipinski definition) is 4. The Morgan fingerprint density at radius 2 is 2.24 bits per heavy atom. The van der Waals surface area contributed by atoms with Crippen LogP contribution in [0.15, 0.2) is 0 Å². The third kappa shape index (κ3) is 4.21. The topological polar surface area (TPSA) is 44.7 Å². The molecule has 1 aliphatic heterocycles. The van der Waals surface area contributed by atoms with Crippen LogP contribution in [0.2, 0.25) is 0 Å². The van der Waals surface area contributed by atoms with Crippen molar-refractivity contribution < 1.29 is 9.84 Å². The van der Waals surface area contributed by atoms with Gasteiger partial charge in [0.1, 0.15) is 0 Å². The summed E-state index contributed by atoms with van der Waals surface area (Å²) >= 11 is 0. The van der Waals surface area contributed by atoms with Crippen molar-refractivity contribution in [3.8, 4) is 0 Å². The van der Waals surface area contributed by atoms with Crippen LogP contribution in [-0.2, 0) is 4.74 Å². The third-order valence-corrected chi connectivity index (χ3v) is 3.85. The van der Waals surface area contributed by atoms with Crippen LogP contribution in [0.25, 0.3) is 0 Å². The molecule has 0 amide bonds. The molecule has 2 atom stereocenters. The highest BCUT2D eigenvalue weighted by molar-refractivity contribution is 4.87. The van der Waals surface area contributed by atoms with Crippen LogP contribution < -0.4 is 5.32 Å². The van der Waals surface area contributed by atoms with Gasteiger partial charge in [0.15, 0.2) is 0 Å². The third-order valence-electron chi connectivity index (χ3n) is 3.85. The molecule has 2 unspecified atom stereocenters. The molecule has 1 aliphatic rings. The number of morpholine rings is 1. The molecule has 4 heteroatoms. The molecule has 1 heterocycles. The van der Waals surface area contributed by atoms with E-state index in [0.717, 1.165) is 26.2 Å². The summed E-state index contributed by atoms with van der Waals surface area (Å²) in [6.07, 6.45) is 0. The van der Waals surface area contributed by atoms with Gasteiger partial charge in [-0.2, -0.15) is 0 Å². The first-order chi connectivity index (χ1) is 8.01. The van der Waals surface area contributed by atoms with Crippen molar-refractivity contribution in [1.29, 1.82) is 0 Å². The summed E-state index contributed by atoms with van der Waals surface area (Å²) in [5.74, 6) is 0. The number of nitrogens with one attached hydrogen (secondary N) is 1. The smallest absolute Gasteiger partial charge is 0.0644 e. The first-order valence-electron chi connectivity index (χ1n) is 6.67. The van der Waals surface area contributed by atoms with Crippen molar-refractivity contribution in [2.45, 2.75) is 39.8 Å². The highest BCUT2D eigenvalue weighted by Gasteiger charge is 2.32. The van der Waals surface area contributed by atoms with E-state index >= 15 is 0 Å². The second kappa shape index (κ2) is 6.69. The molecule has 0 bridgehead atoms. The average Bonchev–Trinajstić information content (AvgIpc) is 2.29. The molecule has 1 rings (SSSR count). The molecule has 1 fully saturated rings. The Kier molecular flexibility index (Phi) is 5.86. The van der Waals surface area contributed by atoms with Gasteiger partial charge in [-0.1, -0.05) is 20.8 Å². The minimum absolute atomic E-state index is 0.164. The molecule has 2 N–H and O–H groups in total. The van der Waals surface area contributed by atoms with Crippen LogP contribution >= 0.6 is 0 Å². The molecule has 0 aromatic rings. The zero-order valence-corrected chi connectivity index (χ0v) is 11.7. The van der Waals surface area contributed by atoms with Crippen LogP contribution in [0.5, 0.6) is 0 Å². The maximum Gasteiger partial charge on any atom is 0.0644 e. The van der Waals surface area contributed by atoms with Gasteiger partial charge in [-0.15, -0.1) is 0 Å². The lowest BCUT2D eigenvalue weighted by Crippen LogP contribution is -2.54. The van der Waals surface area contributed by atoms with E-state index in [1.807, 2.05) is 0 Å². The summed E-state index contributed by atoms with van der Waals surface area (Å²) in [5.41, 5.74) is 0.195. The standard InChI is InChI=1S/C13H28N2O2/c1-5-14-11(2)13(3,4)10-15-6-7-17-9-12(15)8-16/h11-12,14,16H,5-10H2,1-4H3. The fraction of sp³-hybridized carbons (Fsp3) is 1.00. The van der Waals surface area contributed by atoms with Crippen LogP contribution in [0.3, 0.4) is 0 Å². The zero-order chi connectivity index (χ0) is 12.9. The monoisotopic (exact) mass is 244 g/mol. The van der Waals surface area contributed by atoms with Crippen LogP contribution in [0.1, 0.15) is 27.7 Å². The quantitative estimate of drug-likeness (QED) is 0.722.